The standard InChI is InChI=1S/C19H14F3N7O/c20-19(21,22)11-1-3-12(4-2-11)28-10-15(23)29-17(18(28)30)13(7-26-29)14-9-27-6-5-24-16(27)8-25-14/h1-9,15H,10,23H2/t15-/m1/s1. The number of carbonyl (C=O) groups excluding carboxylic acids is 1. The molecule has 3 aromatic heterocycles. The normalized spacial score (nSPS) is 16.9. The lowest BCUT2D eigenvalue weighted by atomic mass is 10.1. The molecule has 11 heteroatoms. The Morgan fingerprint density at radius 3 is 2.60 bits per heavy atom. The molecule has 1 atom stereocenters. The van der Waals surface area contributed by atoms with E-state index >= 15 is 0 Å². The van der Waals surface area contributed by atoms with E-state index in [9.17, 15) is 18.0 Å². The average molecular weight is 413 g/mol. The molecule has 1 aliphatic heterocycles. The summed E-state index contributed by atoms with van der Waals surface area (Å²) in [6.07, 6.45) is 3.06. The van der Waals surface area contributed by atoms with Gasteiger partial charge in [-0.3, -0.25) is 9.78 Å². The molecule has 0 unspecified atom stereocenters. The molecule has 0 radical (unpaired) electrons. The quantitative estimate of drug-likeness (QED) is 0.545. The van der Waals surface area contributed by atoms with Crippen molar-refractivity contribution < 1.29 is 18.0 Å². The van der Waals surface area contributed by atoms with E-state index < -0.39 is 23.8 Å². The highest BCUT2D eigenvalue weighted by atomic mass is 19.4. The molecular formula is C19H14F3N7O. The number of hydrogen-bond acceptors (Lipinski definition) is 5. The molecule has 0 fully saturated rings. The van der Waals surface area contributed by atoms with Gasteiger partial charge in [0.1, 0.15) is 11.9 Å². The topological polar surface area (TPSA) is 94.3 Å². The van der Waals surface area contributed by atoms with Gasteiger partial charge in [0, 0.05) is 24.3 Å². The van der Waals surface area contributed by atoms with Crippen molar-refractivity contribution in [2.24, 2.45) is 5.73 Å². The molecule has 0 saturated carbocycles. The van der Waals surface area contributed by atoms with Gasteiger partial charge in [0.05, 0.1) is 35.8 Å². The molecule has 5 rings (SSSR count). The van der Waals surface area contributed by atoms with Gasteiger partial charge in [-0.05, 0) is 24.3 Å². The molecule has 0 saturated heterocycles. The van der Waals surface area contributed by atoms with Gasteiger partial charge in [-0.25, -0.2) is 9.67 Å². The van der Waals surface area contributed by atoms with Crippen molar-refractivity contribution in [3.05, 3.63) is 66.5 Å². The number of fused-ring (bicyclic) bond motifs is 2. The number of nitrogens with zero attached hydrogens (tertiary/aromatic N) is 6. The van der Waals surface area contributed by atoms with Crippen LogP contribution < -0.4 is 10.6 Å². The number of carbonyl (C=O) groups is 1. The molecule has 2 N–H and O–H groups in total. The zero-order valence-corrected chi connectivity index (χ0v) is 15.3. The molecule has 1 aliphatic rings. The van der Waals surface area contributed by atoms with E-state index in [2.05, 4.69) is 15.1 Å². The Bertz CT molecular complexity index is 1260. The third-order valence-electron chi connectivity index (χ3n) is 4.99. The molecule has 30 heavy (non-hydrogen) atoms. The van der Waals surface area contributed by atoms with Crippen molar-refractivity contribution in [3.8, 4) is 11.3 Å². The number of benzene rings is 1. The number of aromatic nitrogens is 5. The Labute approximate surface area is 167 Å². The van der Waals surface area contributed by atoms with E-state index in [4.69, 9.17) is 5.73 Å². The zero-order chi connectivity index (χ0) is 21.0. The first-order chi connectivity index (χ1) is 14.3. The van der Waals surface area contributed by atoms with Crippen LogP contribution in [-0.2, 0) is 6.18 Å². The Kier molecular flexibility index (Phi) is 3.90. The molecule has 1 amide bonds. The number of hydrogen-bond donors (Lipinski definition) is 1. The second kappa shape index (κ2) is 6.39. The van der Waals surface area contributed by atoms with Crippen LogP contribution in [0.4, 0.5) is 18.9 Å². The maximum atomic E-state index is 13.3. The molecule has 0 aliphatic carbocycles. The van der Waals surface area contributed by atoms with Gasteiger partial charge in [-0.1, -0.05) is 0 Å². The Morgan fingerprint density at radius 2 is 1.87 bits per heavy atom. The number of imidazole rings is 1. The lowest BCUT2D eigenvalue weighted by Crippen LogP contribution is -2.46. The van der Waals surface area contributed by atoms with Crippen LogP contribution in [0.15, 0.2) is 55.2 Å². The number of amides is 1. The van der Waals surface area contributed by atoms with Crippen LogP contribution in [0.25, 0.3) is 16.9 Å². The summed E-state index contributed by atoms with van der Waals surface area (Å²) in [6.45, 7) is 0.0757. The number of alkyl halides is 3. The van der Waals surface area contributed by atoms with Crippen molar-refractivity contribution >= 4 is 17.2 Å². The van der Waals surface area contributed by atoms with Crippen molar-refractivity contribution in [2.45, 2.75) is 12.3 Å². The summed E-state index contributed by atoms with van der Waals surface area (Å²) in [5, 5.41) is 4.24. The fourth-order valence-electron chi connectivity index (χ4n) is 3.51. The Hall–Kier alpha value is -3.73. The fraction of sp³-hybridized carbons (Fsp3) is 0.158. The summed E-state index contributed by atoms with van der Waals surface area (Å²) in [6, 6.07) is 4.40. The molecule has 4 heterocycles. The second-order valence-corrected chi connectivity index (χ2v) is 6.84. The van der Waals surface area contributed by atoms with Crippen LogP contribution in [0, 0.1) is 0 Å². The summed E-state index contributed by atoms with van der Waals surface area (Å²) in [7, 11) is 0. The third-order valence-corrected chi connectivity index (χ3v) is 4.99. The highest BCUT2D eigenvalue weighted by molar-refractivity contribution is 6.09. The Balaban J connectivity index is 1.56. The predicted molar refractivity (Wildman–Crippen MR) is 101 cm³/mol. The Morgan fingerprint density at radius 1 is 1.10 bits per heavy atom. The van der Waals surface area contributed by atoms with E-state index in [1.165, 1.54) is 27.9 Å². The molecule has 0 spiro atoms. The molecule has 1 aromatic carbocycles. The van der Waals surface area contributed by atoms with E-state index in [0.29, 0.717) is 22.6 Å². The highest BCUT2D eigenvalue weighted by Crippen LogP contribution is 2.33. The van der Waals surface area contributed by atoms with Crippen molar-refractivity contribution in [1.29, 1.82) is 0 Å². The fourth-order valence-corrected chi connectivity index (χ4v) is 3.51. The van der Waals surface area contributed by atoms with Crippen LogP contribution >= 0.6 is 0 Å². The van der Waals surface area contributed by atoms with Gasteiger partial charge in [0.25, 0.3) is 5.91 Å². The maximum Gasteiger partial charge on any atom is 0.416 e. The van der Waals surface area contributed by atoms with Gasteiger partial charge >= 0.3 is 6.18 Å². The summed E-state index contributed by atoms with van der Waals surface area (Å²) in [4.78, 5) is 23.1. The van der Waals surface area contributed by atoms with Gasteiger partial charge in [-0.2, -0.15) is 18.3 Å². The van der Waals surface area contributed by atoms with Gasteiger partial charge in [0.2, 0.25) is 0 Å². The zero-order valence-electron chi connectivity index (χ0n) is 15.3. The number of nitrogens with two attached hydrogens (primary N) is 1. The third kappa shape index (κ3) is 2.82. The highest BCUT2D eigenvalue weighted by Gasteiger charge is 2.35. The van der Waals surface area contributed by atoms with Crippen molar-refractivity contribution in [3.63, 3.8) is 0 Å². The minimum Gasteiger partial charge on any atom is -0.308 e. The van der Waals surface area contributed by atoms with Gasteiger partial charge in [-0.15, -0.1) is 0 Å². The molecule has 8 nitrogen and oxygen atoms in total. The van der Waals surface area contributed by atoms with Crippen LogP contribution in [-0.4, -0.2) is 36.6 Å². The second-order valence-electron chi connectivity index (χ2n) is 6.84. The first kappa shape index (κ1) is 18.3. The summed E-state index contributed by atoms with van der Waals surface area (Å²) in [5.41, 5.74) is 7.56. The van der Waals surface area contributed by atoms with Gasteiger partial charge < -0.3 is 15.0 Å². The molecule has 152 valence electrons. The van der Waals surface area contributed by atoms with Crippen LogP contribution in [0.3, 0.4) is 0 Å². The molecular weight excluding hydrogens is 399 g/mol. The summed E-state index contributed by atoms with van der Waals surface area (Å²) >= 11 is 0. The van der Waals surface area contributed by atoms with E-state index in [0.717, 1.165) is 12.1 Å². The van der Waals surface area contributed by atoms with Crippen molar-refractivity contribution in [1.82, 2.24) is 24.1 Å². The number of anilines is 1. The number of rotatable bonds is 2. The monoisotopic (exact) mass is 413 g/mol. The minimum absolute atomic E-state index is 0.0757. The molecule has 0 bridgehead atoms. The lowest BCUT2D eigenvalue weighted by molar-refractivity contribution is -0.137. The van der Waals surface area contributed by atoms with E-state index in [-0.39, 0.29) is 12.2 Å². The smallest absolute Gasteiger partial charge is 0.308 e. The van der Waals surface area contributed by atoms with Crippen LogP contribution in [0.1, 0.15) is 22.2 Å². The van der Waals surface area contributed by atoms with Gasteiger partial charge in [0.15, 0.2) is 5.65 Å². The average Bonchev–Trinajstić information content (AvgIpc) is 3.37. The lowest BCUT2D eigenvalue weighted by Gasteiger charge is -2.32. The van der Waals surface area contributed by atoms with Crippen LogP contribution in [0.2, 0.25) is 0 Å². The summed E-state index contributed by atoms with van der Waals surface area (Å²) in [5.74, 6) is -0.420. The SMILES string of the molecule is N[C@H]1CN(c2ccc(C(F)(F)F)cc2)C(=O)c2c(-c3cn4ccnc4cn3)cnn21. The first-order valence-electron chi connectivity index (χ1n) is 8.94. The predicted octanol–water partition coefficient (Wildman–Crippen LogP) is 2.73. The number of halogens is 3. The summed E-state index contributed by atoms with van der Waals surface area (Å²) < 4.78 is 41.7. The largest absolute Gasteiger partial charge is 0.416 e. The molecule has 4 aromatic rings. The van der Waals surface area contributed by atoms with E-state index in [1.807, 2.05) is 0 Å². The minimum atomic E-state index is -4.45. The van der Waals surface area contributed by atoms with Crippen LogP contribution in [0.5, 0.6) is 0 Å². The first-order valence-corrected chi connectivity index (χ1v) is 8.94. The van der Waals surface area contributed by atoms with Crippen molar-refractivity contribution in [2.75, 3.05) is 11.4 Å². The maximum absolute atomic E-state index is 13.3. The van der Waals surface area contributed by atoms with E-state index in [1.54, 1.807) is 29.2 Å².